The largest absolute Gasteiger partial charge is 0.395 e. The third-order valence-electron chi connectivity index (χ3n) is 3.74. The van der Waals surface area contributed by atoms with Crippen molar-refractivity contribution in [1.29, 1.82) is 0 Å². The van der Waals surface area contributed by atoms with Crippen LogP contribution in [0.3, 0.4) is 0 Å². The third-order valence-corrected chi connectivity index (χ3v) is 3.74. The van der Waals surface area contributed by atoms with E-state index in [0.29, 0.717) is 25.7 Å². The number of aliphatic hydroxyl groups excluding tert-OH is 1. The van der Waals surface area contributed by atoms with Crippen LogP contribution in [0.1, 0.15) is 25.3 Å². The molecule has 1 atom stereocenters. The summed E-state index contributed by atoms with van der Waals surface area (Å²) < 4.78 is 5.31. The maximum atomic E-state index is 12.1. The number of benzene rings is 1. The highest BCUT2D eigenvalue weighted by Crippen LogP contribution is 2.18. The molecule has 5 heteroatoms. The van der Waals surface area contributed by atoms with Gasteiger partial charge in [0.1, 0.15) is 0 Å². The summed E-state index contributed by atoms with van der Waals surface area (Å²) in [6.45, 7) is 6.29. The second-order valence-electron chi connectivity index (χ2n) is 5.71. The Hall–Kier alpha value is -1.43. The van der Waals surface area contributed by atoms with Crippen LogP contribution in [0.25, 0.3) is 0 Å². The second-order valence-corrected chi connectivity index (χ2v) is 5.71. The Bertz CT molecular complexity index is 476. The number of aliphatic hydroxyl groups is 1. The maximum absolute atomic E-state index is 12.1. The average molecular weight is 292 g/mol. The number of anilines is 1. The molecule has 2 N–H and O–H groups in total. The van der Waals surface area contributed by atoms with E-state index in [4.69, 9.17) is 4.74 Å². The van der Waals surface area contributed by atoms with Crippen molar-refractivity contribution in [2.75, 3.05) is 38.2 Å². The van der Waals surface area contributed by atoms with E-state index in [-0.39, 0.29) is 25.1 Å². The number of hydrogen-bond donors (Lipinski definition) is 2. The Labute approximate surface area is 125 Å². The summed E-state index contributed by atoms with van der Waals surface area (Å²) in [6.07, 6.45) is 0. The van der Waals surface area contributed by atoms with E-state index in [1.54, 1.807) is 0 Å². The standard InChI is InChI=1S/C16H24N2O3/c1-12(2)13-4-3-5-14(8-13)17-16(20)9-18-6-7-21-11-15(18)10-19/h3-5,8,12,15,19H,6-7,9-11H2,1-2H3,(H,17,20). The maximum Gasteiger partial charge on any atom is 0.238 e. The van der Waals surface area contributed by atoms with Gasteiger partial charge in [-0.15, -0.1) is 0 Å². The molecule has 0 saturated carbocycles. The summed E-state index contributed by atoms with van der Waals surface area (Å²) in [6, 6.07) is 7.82. The van der Waals surface area contributed by atoms with E-state index in [2.05, 4.69) is 25.2 Å². The molecule has 1 amide bonds. The minimum absolute atomic E-state index is 0.0100. The van der Waals surface area contributed by atoms with Crippen molar-refractivity contribution in [2.24, 2.45) is 0 Å². The highest BCUT2D eigenvalue weighted by Gasteiger charge is 2.24. The van der Waals surface area contributed by atoms with E-state index < -0.39 is 0 Å². The van der Waals surface area contributed by atoms with Gasteiger partial charge in [0.05, 0.1) is 32.4 Å². The molecule has 0 aliphatic carbocycles. The molecule has 1 aliphatic heterocycles. The summed E-state index contributed by atoms with van der Waals surface area (Å²) in [4.78, 5) is 14.1. The summed E-state index contributed by atoms with van der Waals surface area (Å²) in [5.74, 6) is 0.371. The monoisotopic (exact) mass is 292 g/mol. The summed E-state index contributed by atoms with van der Waals surface area (Å²) in [5, 5.41) is 12.2. The van der Waals surface area contributed by atoms with Crippen LogP contribution in [0.2, 0.25) is 0 Å². The summed E-state index contributed by atoms with van der Waals surface area (Å²) in [7, 11) is 0. The number of carbonyl (C=O) groups is 1. The first-order valence-electron chi connectivity index (χ1n) is 7.42. The van der Waals surface area contributed by atoms with Crippen LogP contribution >= 0.6 is 0 Å². The predicted octanol–water partition coefficient (Wildman–Crippen LogP) is 1.44. The minimum Gasteiger partial charge on any atom is -0.395 e. The molecule has 0 bridgehead atoms. The van der Waals surface area contributed by atoms with Crippen LogP contribution in [-0.4, -0.2) is 54.9 Å². The van der Waals surface area contributed by atoms with Gasteiger partial charge in [0.25, 0.3) is 0 Å². The van der Waals surface area contributed by atoms with Crippen LogP contribution in [0, 0.1) is 0 Å². The molecular weight excluding hydrogens is 268 g/mol. The molecule has 1 aliphatic rings. The summed E-state index contributed by atoms with van der Waals surface area (Å²) in [5.41, 5.74) is 2.02. The van der Waals surface area contributed by atoms with Gasteiger partial charge in [-0.1, -0.05) is 26.0 Å². The predicted molar refractivity (Wildman–Crippen MR) is 82.4 cm³/mol. The normalized spacial score (nSPS) is 19.7. The van der Waals surface area contributed by atoms with E-state index in [1.165, 1.54) is 5.56 Å². The first-order valence-corrected chi connectivity index (χ1v) is 7.42. The zero-order valence-electron chi connectivity index (χ0n) is 12.7. The van der Waals surface area contributed by atoms with Crippen LogP contribution in [0.4, 0.5) is 5.69 Å². The van der Waals surface area contributed by atoms with Crippen molar-refractivity contribution >= 4 is 11.6 Å². The molecule has 116 valence electrons. The second kappa shape index (κ2) is 7.54. The zero-order chi connectivity index (χ0) is 15.2. The van der Waals surface area contributed by atoms with Crippen molar-refractivity contribution in [3.8, 4) is 0 Å². The summed E-state index contributed by atoms with van der Waals surface area (Å²) >= 11 is 0. The van der Waals surface area contributed by atoms with E-state index in [0.717, 1.165) is 5.69 Å². The van der Waals surface area contributed by atoms with E-state index in [9.17, 15) is 9.90 Å². The van der Waals surface area contributed by atoms with Gasteiger partial charge in [-0.2, -0.15) is 0 Å². The number of amides is 1. The molecule has 1 aromatic rings. The van der Waals surface area contributed by atoms with Gasteiger partial charge in [-0.05, 0) is 23.6 Å². The van der Waals surface area contributed by atoms with Crippen LogP contribution < -0.4 is 5.32 Å². The van der Waals surface area contributed by atoms with Crippen LogP contribution in [0.15, 0.2) is 24.3 Å². The highest BCUT2D eigenvalue weighted by atomic mass is 16.5. The Morgan fingerprint density at radius 1 is 1.52 bits per heavy atom. The number of morpholine rings is 1. The van der Waals surface area contributed by atoms with Gasteiger partial charge >= 0.3 is 0 Å². The van der Waals surface area contributed by atoms with Gasteiger partial charge in [0, 0.05) is 12.2 Å². The lowest BCUT2D eigenvalue weighted by Gasteiger charge is -2.33. The lowest BCUT2D eigenvalue weighted by molar-refractivity contribution is -0.120. The van der Waals surface area contributed by atoms with Gasteiger partial charge in [-0.25, -0.2) is 0 Å². The number of carbonyl (C=O) groups excluding carboxylic acids is 1. The van der Waals surface area contributed by atoms with Crippen molar-refractivity contribution < 1.29 is 14.6 Å². The molecule has 2 rings (SSSR count). The molecule has 1 fully saturated rings. The minimum atomic E-state index is -0.0912. The molecule has 0 aromatic heterocycles. The number of nitrogens with one attached hydrogen (secondary N) is 1. The lowest BCUT2D eigenvalue weighted by atomic mass is 10.0. The Balaban J connectivity index is 1.93. The number of nitrogens with zero attached hydrogens (tertiary/aromatic N) is 1. The molecule has 1 saturated heterocycles. The lowest BCUT2D eigenvalue weighted by Crippen LogP contribution is -2.50. The smallest absolute Gasteiger partial charge is 0.238 e. The Kier molecular flexibility index (Phi) is 5.73. The number of hydrogen-bond acceptors (Lipinski definition) is 4. The van der Waals surface area contributed by atoms with Crippen molar-refractivity contribution in [3.05, 3.63) is 29.8 Å². The first kappa shape index (κ1) is 15.9. The van der Waals surface area contributed by atoms with Crippen LogP contribution in [0.5, 0.6) is 0 Å². The Morgan fingerprint density at radius 3 is 3.05 bits per heavy atom. The fourth-order valence-electron chi connectivity index (χ4n) is 2.43. The molecule has 1 heterocycles. The molecule has 1 aromatic carbocycles. The molecule has 0 spiro atoms. The molecule has 1 unspecified atom stereocenters. The fourth-order valence-corrected chi connectivity index (χ4v) is 2.43. The topological polar surface area (TPSA) is 61.8 Å². The zero-order valence-corrected chi connectivity index (χ0v) is 12.7. The van der Waals surface area contributed by atoms with E-state index >= 15 is 0 Å². The number of rotatable bonds is 5. The van der Waals surface area contributed by atoms with Crippen molar-refractivity contribution in [2.45, 2.75) is 25.8 Å². The van der Waals surface area contributed by atoms with Crippen LogP contribution in [-0.2, 0) is 9.53 Å². The van der Waals surface area contributed by atoms with Gasteiger partial charge in [0.2, 0.25) is 5.91 Å². The number of ether oxygens (including phenoxy) is 1. The fraction of sp³-hybridized carbons (Fsp3) is 0.562. The van der Waals surface area contributed by atoms with Gasteiger partial charge < -0.3 is 15.2 Å². The van der Waals surface area contributed by atoms with Gasteiger partial charge in [0.15, 0.2) is 0 Å². The van der Waals surface area contributed by atoms with Gasteiger partial charge in [-0.3, -0.25) is 9.69 Å². The molecular formula is C16H24N2O3. The van der Waals surface area contributed by atoms with Crippen molar-refractivity contribution in [3.63, 3.8) is 0 Å². The Morgan fingerprint density at radius 2 is 2.33 bits per heavy atom. The highest BCUT2D eigenvalue weighted by molar-refractivity contribution is 5.92. The molecule has 5 nitrogen and oxygen atoms in total. The third kappa shape index (κ3) is 4.52. The first-order chi connectivity index (χ1) is 10.1. The molecule has 0 radical (unpaired) electrons. The SMILES string of the molecule is CC(C)c1cccc(NC(=O)CN2CCOCC2CO)c1. The average Bonchev–Trinajstić information content (AvgIpc) is 2.48. The molecule has 21 heavy (non-hydrogen) atoms. The van der Waals surface area contributed by atoms with Crippen molar-refractivity contribution in [1.82, 2.24) is 4.90 Å². The van der Waals surface area contributed by atoms with E-state index in [1.807, 2.05) is 23.1 Å². The quantitative estimate of drug-likeness (QED) is 0.862.